The normalized spacial score (nSPS) is 26.4. The molecule has 3 aliphatic rings. The van der Waals surface area contributed by atoms with Gasteiger partial charge in [0.25, 0.3) is 0 Å². The van der Waals surface area contributed by atoms with Crippen LogP contribution in [0.1, 0.15) is 43.6 Å². The summed E-state index contributed by atoms with van der Waals surface area (Å²) in [5.41, 5.74) is 2.21. The van der Waals surface area contributed by atoms with Crippen molar-refractivity contribution in [2.24, 2.45) is 17.8 Å². The van der Waals surface area contributed by atoms with Gasteiger partial charge in [-0.1, -0.05) is 41.4 Å². The smallest absolute Gasteiger partial charge is 0.227 e. The van der Waals surface area contributed by atoms with Crippen molar-refractivity contribution < 1.29 is 9.32 Å². The third-order valence-electron chi connectivity index (χ3n) is 7.38. The average molecular weight is 409 g/mol. The molecule has 160 valence electrons. The molecule has 1 aliphatic heterocycles. The molecule has 0 spiro atoms. The van der Waals surface area contributed by atoms with Crippen LogP contribution < -0.4 is 0 Å². The summed E-state index contributed by atoms with van der Waals surface area (Å²) in [4.78, 5) is 22.0. The number of fused-ring (bicyclic) bond motifs is 2. The maximum Gasteiger partial charge on any atom is 0.227 e. The monoisotopic (exact) mass is 408 g/mol. The number of benzene rings is 1. The van der Waals surface area contributed by atoms with Gasteiger partial charge in [-0.3, -0.25) is 9.69 Å². The lowest BCUT2D eigenvalue weighted by molar-refractivity contribution is -0.139. The molecule has 1 aromatic carbocycles. The van der Waals surface area contributed by atoms with Gasteiger partial charge >= 0.3 is 0 Å². The molecule has 6 heteroatoms. The minimum absolute atomic E-state index is 0.329. The molecule has 6 nitrogen and oxygen atoms in total. The third kappa shape index (κ3) is 4.15. The lowest BCUT2D eigenvalue weighted by atomic mass is 9.87. The molecule has 0 N–H and O–H groups in total. The van der Waals surface area contributed by atoms with Gasteiger partial charge in [-0.2, -0.15) is 4.98 Å². The van der Waals surface area contributed by atoms with Crippen molar-refractivity contribution in [3.05, 3.63) is 35.7 Å². The van der Waals surface area contributed by atoms with E-state index in [-0.39, 0.29) is 0 Å². The predicted molar refractivity (Wildman–Crippen MR) is 115 cm³/mol. The SMILES string of the molecule is Cc1ccc(-c2noc(CCCN3CCN(C(=O)C4CC5CCC4C5)CC3)n2)cc1. The van der Waals surface area contributed by atoms with E-state index in [4.69, 9.17) is 4.52 Å². The highest BCUT2D eigenvalue weighted by Gasteiger charge is 2.44. The highest BCUT2D eigenvalue weighted by molar-refractivity contribution is 5.79. The van der Waals surface area contributed by atoms with Crippen LogP contribution in [0.5, 0.6) is 0 Å². The van der Waals surface area contributed by atoms with Crippen molar-refractivity contribution in [3.8, 4) is 11.4 Å². The summed E-state index contributed by atoms with van der Waals surface area (Å²) < 4.78 is 5.44. The molecule has 1 amide bonds. The summed E-state index contributed by atoms with van der Waals surface area (Å²) >= 11 is 0. The molecule has 3 atom stereocenters. The summed E-state index contributed by atoms with van der Waals surface area (Å²) in [6.07, 6.45) is 6.88. The summed E-state index contributed by atoms with van der Waals surface area (Å²) in [5, 5.41) is 4.12. The zero-order chi connectivity index (χ0) is 20.5. The molecule has 2 bridgehead atoms. The standard InChI is InChI=1S/C24H32N4O2/c1-17-4-7-19(8-5-17)23-25-22(30-26-23)3-2-10-27-11-13-28(14-12-27)24(29)21-16-18-6-9-20(21)15-18/h4-5,7-8,18,20-21H,2-3,6,9-16H2,1H3. The molecule has 30 heavy (non-hydrogen) atoms. The molecule has 2 saturated carbocycles. The van der Waals surface area contributed by atoms with Gasteiger partial charge in [0.15, 0.2) is 0 Å². The Kier molecular flexibility index (Phi) is 5.59. The third-order valence-corrected chi connectivity index (χ3v) is 7.38. The summed E-state index contributed by atoms with van der Waals surface area (Å²) in [6.45, 7) is 6.80. The summed E-state index contributed by atoms with van der Waals surface area (Å²) in [6, 6.07) is 8.18. The van der Waals surface area contributed by atoms with Crippen LogP contribution in [0, 0.1) is 24.7 Å². The molecular formula is C24H32N4O2. The lowest BCUT2D eigenvalue weighted by Crippen LogP contribution is -2.51. The first kappa shape index (κ1) is 19.7. The number of carbonyl (C=O) groups is 1. The highest BCUT2D eigenvalue weighted by Crippen LogP contribution is 2.48. The van der Waals surface area contributed by atoms with Crippen LogP contribution in [-0.4, -0.2) is 58.6 Å². The second kappa shape index (κ2) is 8.50. The van der Waals surface area contributed by atoms with Gasteiger partial charge in [0.2, 0.25) is 17.6 Å². The number of carbonyl (C=O) groups excluding carboxylic acids is 1. The number of hydrogen-bond acceptors (Lipinski definition) is 5. The Morgan fingerprint density at radius 1 is 1.10 bits per heavy atom. The van der Waals surface area contributed by atoms with Gasteiger partial charge in [0.1, 0.15) is 0 Å². The Labute approximate surface area is 178 Å². The van der Waals surface area contributed by atoms with Crippen LogP contribution in [0.3, 0.4) is 0 Å². The quantitative estimate of drug-likeness (QED) is 0.731. The van der Waals surface area contributed by atoms with E-state index in [1.54, 1.807) is 0 Å². The van der Waals surface area contributed by atoms with Crippen LogP contribution in [0.15, 0.2) is 28.8 Å². The van der Waals surface area contributed by atoms with Crippen molar-refractivity contribution in [3.63, 3.8) is 0 Å². The number of aryl methyl sites for hydroxylation is 2. The van der Waals surface area contributed by atoms with E-state index in [1.807, 2.05) is 12.1 Å². The van der Waals surface area contributed by atoms with Crippen LogP contribution in [0.25, 0.3) is 11.4 Å². The fourth-order valence-corrected chi connectivity index (χ4v) is 5.60. The average Bonchev–Trinajstić information content (AvgIpc) is 3.52. The van der Waals surface area contributed by atoms with Gasteiger partial charge < -0.3 is 9.42 Å². The Morgan fingerprint density at radius 2 is 1.90 bits per heavy atom. The topological polar surface area (TPSA) is 62.5 Å². The maximum absolute atomic E-state index is 12.9. The van der Waals surface area contributed by atoms with Gasteiger partial charge in [-0.25, -0.2) is 0 Å². The van der Waals surface area contributed by atoms with E-state index in [2.05, 4.69) is 39.0 Å². The van der Waals surface area contributed by atoms with Gasteiger partial charge in [-0.05, 0) is 51.0 Å². The second-order valence-corrected chi connectivity index (χ2v) is 9.43. The fraction of sp³-hybridized carbons (Fsp3) is 0.625. The molecule has 0 radical (unpaired) electrons. The molecule has 5 rings (SSSR count). The minimum atomic E-state index is 0.329. The van der Waals surface area contributed by atoms with Crippen molar-refractivity contribution in [1.29, 1.82) is 0 Å². The Bertz CT molecular complexity index is 870. The zero-order valence-corrected chi connectivity index (χ0v) is 17.9. The first-order chi connectivity index (χ1) is 14.7. The zero-order valence-electron chi connectivity index (χ0n) is 17.9. The first-order valence-corrected chi connectivity index (χ1v) is 11.6. The number of nitrogens with zero attached hydrogens (tertiary/aromatic N) is 4. The van der Waals surface area contributed by atoms with Crippen molar-refractivity contribution in [2.45, 2.75) is 45.4 Å². The minimum Gasteiger partial charge on any atom is -0.340 e. The lowest BCUT2D eigenvalue weighted by Gasteiger charge is -2.37. The van der Waals surface area contributed by atoms with Crippen LogP contribution >= 0.6 is 0 Å². The Morgan fingerprint density at radius 3 is 2.60 bits per heavy atom. The van der Waals surface area contributed by atoms with Crippen LogP contribution in [0.2, 0.25) is 0 Å². The van der Waals surface area contributed by atoms with Gasteiger partial charge in [0, 0.05) is 44.1 Å². The van der Waals surface area contributed by atoms with Crippen LogP contribution in [-0.2, 0) is 11.2 Å². The molecule has 2 aliphatic carbocycles. The molecule has 3 unspecified atom stereocenters. The summed E-state index contributed by atoms with van der Waals surface area (Å²) in [5.74, 6) is 3.65. The molecule has 2 heterocycles. The molecule has 1 saturated heterocycles. The maximum atomic E-state index is 12.9. The predicted octanol–water partition coefficient (Wildman–Crippen LogP) is 3.56. The second-order valence-electron chi connectivity index (χ2n) is 9.43. The Hall–Kier alpha value is -2.21. The van der Waals surface area contributed by atoms with Crippen LogP contribution in [0.4, 0.5) is 0 Å². The first-order valence-electron chi connectivity index (χ1n) is 11.6. The molecule has 3 fully saturated rings. The number of aromatic nitrogens is 2. The molecular weight excluding hydrogens is 376 g/mol. The number of rotatable bonds is 6. The Balaban J connectivity index is 1.05. The fourth-order valence-electron chi connectivity index (χ4n) is 5.60. The van der Waals surface area contributed by atoms with E-state index in [0.29, 0.717) is 29.5 Å². The van der Waals surface area contributed by atoms with E-state index in [9.17, 15) is 4.79 Å². The van der Waals surface area contributed by atoms with Gasteiger partial charge in [0.05, 0.1) is 0 Å². The van der Waals surface area contributed by atoms with Crippen molar-refractivity contribution in [1.82, 2.24) is 19.9 Å². The summed E-state index contributed by atoms with van der Waals surface area (Å²) in [7, 11) is 0. The number of amides is 1. The van der Waals surface area contributed by atoms with Crippen molar-refractivity contribution in [2.75, 3.05) is 32.7 Å². The van der Waals surface area contributed by atoms with E-state index in [1.165, 1.54) is 24.8 Å². The number of piperazine rings is 1. The van der Waals surface area contributed by atoms with Crippen molar-refractivity contribution >= 4 is 5.91 Å². The van der Waals surface area contributed by atoms with E-state index >= 15 is 0 Å². The largest absolute Gasteiger partial charge is 0.340 e. The molecule has 1 aromatic heterocycles. The van der Waals surface area contributed by atoms with E-state index < -0.39 is 0 Å². The highest BCUT2D eigenvalue weighted by atomic mass is 16.5. The number of hydrogen-bond donors (Lipinski definition) is 0. The van der Waals surface area contributed by atoms with Gasteiger partial charge in [-0.15, -0.1) is 0 Å². The molecule has 2 aromatic rings. The van der Waals surface area contributed by atoms with E-state index in [0.717, 1.165) is 63.5 Å².